The standard InChI is InChI=1S/C17H20N4/c1-12-10-15-17(19-11-12)21(9-5-8-18)16(20-15)14-7-4-3-6-13(14)2/h3-4,6-7,10-11H,5,8-9,18H2,1-2H3. The van der Waals surface area contributed by atoms with Crippen molar-refractivity contribution >= 4 is 11.2 Å². The van der Waals surface area contributed by atoms with E-state index in [1.807, 2.05) is 25.3 Å². The van der Waals surface area contributed by atoms with Crippen LogP contribution in [0.15, 0.2) is 36.5 Å². The second kappa shape index (κ2) is 5.66. The molecule has 0 unspecified atom stereocenters. The Bertz CT molecular complexity index is 774. The molecule has 0 saturated heterocycles. The molecular formula is C17H20N4. The van der Waals surface area contributed by atoms with Gasteiger partial charge in [0.2, 0.25) is 0 Å². The Hall–Kier alpha value is -2.20. The van der Waals surface area contributed by atoms with E-state index in [0.717, 1.165) is 41.1 Å². The molecule has 2 N–H and O–H groups in total. The van der Waals surface area contributed by atoms with Gasteiger partial charge in [0.15, 0.2) is 5.65 Å². The highest BCUT2D eigenvalue weighted by Crippen LogP contribution is 2.26. The van der Waals surface area contributed by atoms with Gasteiger partial charge in [-0.25, -0.2) is 9.97 Å². The van der Waals surface area contributed by atoms with Gasteiger partial charge in [0.1, 0.15) is 11.3 Å². The number of rotatable bonds is 4. The zero-order chi connectivity index (χ0) is 14.8. The Labute approximate surface area is 124 Å². The maximum absolute atomic E-state index is 5.68. The van der Waals surface area contributed by atoms with E-state index in [4.69, 9.17) is 10.7 Å². The number of nitrogens with two attached hydrogens (primary N) is 1. The molecule has 4 nitrogen and oxygen atoms in total. The van der Waals surface area contributed by atoms with Crippen molar-refractivity contribution < 1.29 is 0 Å². The van der Waals surface area contributed by atoms with Crippen molar-refractivity contribution in [1.29, 1.82) is 0 Å². The molecule has 0 saturated carbocycles. The Morgan fingerprint density at radius 1 is 1.19 bits per heavy atom. The van der Waals surface area contributed by atoms with Gasteiger partial charge in [-0.3, -0.25) is 0 Å². The lowest BCUT2D eigenvalue weighted by molar-refractivity contribution is 0.667. The van der Waals surface area contributed by atoms with Crippen molar-refractivity contribution in [3.05, 3.63) is 47.7 Å². The molecule has 0 aliphatic heterocycles. The third-order valence-electron chi connectivity index (χ3n) is 3.69. The Morgan fingerprint density at radius 2 is 2.00 bits per heavy atom. The average Bonchev–Trinajstić information content (AvgIpc) is 2.83. The second-order valence-electron chi connectivity index (χ2n) is 5.40. The number of hydrogen-bond acceptors (Lipinski definition) is 3. The normalized spacial score (nSPS) is 11.2. The summed E-state index contributed by atoms with van der Waals surface area (Å²) in [7, 11) is 0. The first-order valence-electron chi connectivity index (χ1n) is 7.29. The molecule has 0 aliphatic carbocycles. The number of aromatic nitrogens is 3. The van der Waals surface area contributed by atoms with Gasteiger partial charge in [0.25, 0.3) is 0 Å². The zero-order valence-corrected chi connectivity index (χ0v) is 12.5. The van der Waals surface area contributed by atoms with Crippen molar-refractivity contribution in [2.45, 2.75) is 26.8 Å². The van der Waals surface area contributed by atoms with Crippen LogP contribution in [-0.2, 0) is 6.54 Å². The van der Waals surface area contributed by atoms with Gasteiger partial charge in [-0.15, -0.1) is 0 Å². The first-order chi connectivity index (χ1) is 10.2. The summed E-state index contributed by atoms with van der Waals surface area (Å²) in [6.45, 7) is 5.66. The molecule has 0 spiro atoms. The van der Waals surface area contributed by atoms with Crippen LogP contribution in [0.1, 0.15) is 17.5 Å². The Kier molecular flexibility index (Phi) is 3.71. The predicted octanol–water partition coefficient (Wildman–Crippen LogP) is 3.06. The lowest BCUT2D eigenvalue weighted by Gasteiger charge is -2.09. The first kappa shape index (κ1) is 13.8. The number of nitrogens with zero attached hydrogens (tertiary/aromatic N) is 3. The molecule has 0 aliphatic rings. The molecular weight excluding hydrogens is 260 g/mol. The molecule has 0 amide bonds. The predicted molar refractivity (Wildman–Crippen MR) is 86.1 cm³/mol. The number of imidazole rings is 1. The number of aryl methyl sites for hydroxylation is 3. The van der Waals surface area contributed by atoms with Crippen LogP contribution in [0.3, 0.4) is 0 Å². The number of benzene rings is 1. The highest BCUT2D eigenvalue weighted by atomic mass is 15.1. The quantitative estimate of drug-likeness (QED) is 0.799. The van der Waals surface area contributed by atoms with Gasteiger partial charge in [-0.05, 0) is 44.0 Å². The third-order valence-corrected chi connectivity index (χ3v) is 3.69. The van der Waals surface area contributed by atoms with Crippen LogP contribution in [0.2, 0.25) is 0 Å². The first-order valence-corrected chi connectivity index (χ1v) is 7.29. The van der Waals surface area contributed by atoms with E-state index in [1.54, 1.807) is 0 Å². The lowest BCUT2D eigenvalue weighted by Crippen LogP contribution is -2.08. The minimum absolute atomic E-state index is 0.665. The van der Waals surface area contributed by atoms with Crippen molar-refractivity contribution in [3.8, 4) is 11.4 Å². The topological polar surface area (TPSA) is 56.7 Å². The molecule has 3 aromatic rings. The highest BCUT2D eigenvalue weighted by Gasteiger charge is 2.14. The van der Waals surface area contributed by atoms with Gasteiger partial charge >= 0.3 is 0 Å². The van der Waals surface area contributed by atoms with Crippen LogP contribution < -0.4 is 5.73 Å². The molecule has 4 heteroatoms. The van der Waals surface area contributed by atoms with E-state index in [9.17, 15) is 0 Å². The summed E-state index contributed by atoms with van der Waals surface area (Å²) in [4.78, 5) is 9.39. The molecule has 108 valence electrons. The smallest absolute Gasteiger partial charge is 0.160 e. The molecule has 0 fully saturated rings. The van der Waals surface area contributed by atoms with Gasteiger partial charge in [0.05, 0.1) is 0 Å². The molecule has 1 aromatic carbocycles. The van der Waals surface area contributed by atoms with Gasteiger partial charge in [-0.1, -0.05) is 24.3 Å². The fraction of sp³-hybridized carbons (Fsp3) is 0.294. The Morgan fingerprint density at radius 3 is 2.76 bits per heavy atom. The second-order valence-corrected chi connectivity index (χ2v) is 5.40. The summed E-state index contributed by atoms with van der Waals surface area (Å²) in [6.07, 6.45) is 2.81. The summed E-state index contributed by atoms with van der Waals surface area (Å²) in [5, 5.41) is 0. The number of pyridine rings is 1. The van der Waals surface area contributed by atoms with E-state index in [-0.39, 0.29) is 0 Å². The van der Waals surface area contributed by atoms with Crippen LogP contribution in [0.4, 0.5) is 0 Å². The summed E-state index contributed by atoms with van der Waals surface area (Å²) in [6, 6.07) is 10.4. The molecule has 0 atom stereocenters. The van der Waals surface area contributed by atoms with E-state index >= 15 is 0 Å². The summed E-state index contributed by atoms with van der Waals surface area (Å²) in [5.41, 5.74) is 11.1. The fourth-order valence-electron chi connectivity index (χ4n) is 2.60. The maximum atomic E-state index is 5.68. The molecule has 0 bridgehead atoms. The third kappa shape index (κ3) is 2.54. The van der Waals surface area contributed by atoms with E-state index in [0.29, 0.717) is 6.54 Å². The van der Waals surface area contributed by atoms with Crippen LogP contribution in [0, 0.1) is 13.8 Å². The Balaban J connectivity index is 2.23. The van der Waals surface area contributed by atoms with Crippen molar-refractivity contribution in [3.63, 3.8) is 0 Å². The average molecular weight is 280 g/mol. The van der Waals surface area contributed by atoms with Crippen molar-refractivity contribution in [2.24, 2.45) is 5.73 Å². The van der Waals surface area contributed by atoms with E-state index in [2.05, 4.69) is 34.7 Å². The minimum atomic E-state index is 0.665. The van der Waals surface area contributed by atoms with Crippen LogP contribution in [-0.4, -0.2) is 21.1 Å². The summed E-state index contributed by atoms with van der Waals surface area (Å²) < 4.78 is 2.18. The summed E-state index contributed by atoms with van der Waals surface area (Å²) >= 11 is 0. The van der Waals surface area contributed by atoms with Gasteiger partial charge in [-0.2, -0.15) is 0 Å². The molecule has 21 heavy (non-hydrogen) atoms. The molecule has 3 rings (SSSR count). The van der Waals surface area contributed by atoms with Crippen LogP contribution >= 0.6 is 0 Å². The molecule has 2 aromatic heterocycles. The SMILES string of the molecule is Cc1cnc2c(c1)nc(-c1ccccc1C)n2CCCN. The molecule has 2 heterocycles. The fourth-order valence-corrected chi connectivity index (χ4v) is 2.60. The summed E-state index contributed by atoms with van der Waals surface area (Å²) in [5.74, 6) is 0.981. The number of fused-ring (bicyclic) bond motifs is 1. The van der Waals surface area contributed by atoms with Crippen LogP contribution in [0.5, 0.6) is 0 Å². The van der Waals surface area contributed by atoms with Gasteiger partial charge < -0.3 is 10.3 Å². The number of hydrogen-bond donors (Lipinski definition) is 1. The largest absolute Gasteiger partial charge is 0.330 e. The van der Waals surface area contributed by atoms with Crippen molar-refractivity contribution in [2.75, 3.05) is 6.54 Å². The lowest BCUT2D eigenvalue weighted by atomic mass is 10.1. The molecule has 0 radical (unpaired) electrons. The minimum Gasteiger partial charge on any atom is -0.330 e. The zero-order valence-electron chi connectivity index (χ0n) is 12.5. The van der Waals surface area contributed by atoms with Crippen molar-refractivity contribution in [1.82, 2.24) is 14.5 Å². The van der Waals surface area contributed by atoms with E-state index in [1.165, 1.54) is 5.56 Å². The maximum Gasteiger partial charge on any atom is 0.160 e. The van der Waals surface area contributed by atoms with Gasteiger partial charge in [0, 0.05) is 18.3 Å². The van der Waals surface area contributed by atoms with Crippen LogP contribution in [0.25, 0.3) is 22.6 Å². The van der Waals surface area contributed by atoms with E-state index < -0.39 is 0 Å². The monoisotopic (exact) mass is 280 g/mol. The highest BCUT2D eigenvalue weighted by molar-refractivity contribution is 5.78.